The second-order valence-electron chi connectivity index (χ2n) is 5.67. The number of likely N-dealkylation sites (N-methyl/N-ethyl adjacent to an activating group) is 1. The third-order valence-electron chi connectivity index (χ3n) is 3.37. The van der Waals surface area contributed by atoms with Crippen molar-refractivity contribution in [2.24, 2.45) is 0 Å². The summed E-state index contributed by atoms with van der Waals surface area (Å²) >= 11 is 0. The first-order valence-corrected chi connectivity index (χ1v) is 8.49. The molecule has 1 rings (SSSR count). The SMILES string of the molecule is CCC(=O)N(C)C.CCC(=O)N1CCN(C)CC1.CCCOC. The molecule has 1 saturated heterocycles. The number of methoxy groups -OCH3 is 1. The van der Waals surface area contributed by atoms with Gasteiger partial charge >= 0.3 is 0 Å². The molecule has 23 heavy (non-hydrogen) atoms. The molecule has 0 saturated carbocycles. The Morgan fingerprint density at radius 3 is 1.74 bits per heavy atom. The van der Waals surface area contributed by atoms with E-state index in [9.17, 15) is 9.59 Å². The van der Waals surface area contributed by atoms with Crippen molar-refractivity contribution in [1.29, 1.82) is 0 Å². The molecule has 0 bridgehead atoms. The van der Waals surface area contributed by atoms with Crippen LogP contribution in [0.5, 0.6) is 0 Å². The van der Waals surface area contributed by atoms with Crippen LogP contribution in [0.3, 0.4) is 0 Å². The van der Waals surface area contributed by atoms with Crippen LogP contribution in [0.1, 0.15) is 40.0 Å². The molecule has 1 aliphatic rings. The smallest absolute Gasteiger partial charge is 0.222 e. The maximum Gasteiger partial charge on any atom is 0.222 e. The van der Waals surface area contributed by atoms with E-state index in [-0.39, 0.29) is 11.8 Å². The van der Waals surface area contributed by atoms with Gasteiger partial charge in [0, 0.05) is 66.8 Å². The van der Waals surface area contributed by atoms with E-state index in [0.29, 0.717) is 12.8 Å². The number of carbonyl (C=O) groups is 2. The summed E-state index contributed by atoms with van der Waals surface area (Å²) in [6.07, 6.45) is 2.37. The summed E-state index contributed by atoms with van der Waals surface area (Å²) in [6, 6.07) is 0. The van der Waals surface area contributed by atoms with Crippen LogP contribution in [0.25, 0.3) is 0 Å². The molecule has 1 fully saturated rings. The van der Waals surface area contributed by atoms with Crippen LogP contribution in [0.2, 0.25) is 0 Å². The van der Waals surface area contributed by atoms with Gasteiger partial charge in [-0.3, -0.25) is 9.59 Å². The summed E-state index contributed by atoms with van der Waals surface area (Å²) in [7, 11) is 7.31. The monoisotopic (exact) mass is 331 g/mol. The number of rotatable bonds is 4. The van der Waals surface area contributed by atoms with Crippen molar-refractivity contribution in [2.45, 2.75) is 40.0 Å². The second kappa shape index (κ2) is 15.7. The number of piperazine rings is 1. The van der Waals surface area contributed by atoms with E-state index < -0.39 is 0 Å². The van der Waals surface area contributed by atoms with Gasteiger partial charge in [0.25, 0.3) is 0 Å². The summed E-state index contributed by atoms with van der Waals surface area (Å²) in [6.45, 7) is 10.6. The Bertz CT molecular complexity index is 299. The van der Waals surface area contributed by atoms with Crippen molar-refractivity contribution in [3.8, 4) is 0 Å². The van der Waals surface area contributed by atoms with Crippen LogP contribution in [-0.4, -0.2) is 87.6 Å². The summed E-state index contributed by atoms with van der Waals surface area (Å²) in [5.41, 5.74) is 0. The zero-order valence-electron chi connectivity index (χ0n) is 16.2. The quantitative estimate of drug-likeness (QED) is 0.787. The molecule has 0 aromatic rings. The first-order chi connectivity index (χ1) is 10.8. The molecule has 1 aliphatic heterocycles. The molecule has 0 aromatic heterocycles. The number of nitrogens with zero attached hydrogens (tertiary/aromatic N) is 3. The number of hydrogen-bond donors (Lipinski definition) is 0. The molecule has 0 atom stereocenters. The van der Waals surface area contributed by atoms with Crippen LogP contribution in [0.15, 0.2) is 0 Å². The van der Waals surface area contributed by atoms with E-state index in [0.717, 1.165) is 39.2 Å². The molecule has 138 valence electrons. The highest BCUT2D eigenvalue weighted by Crippen LogP contribution is 2.00. The van der Waals surface area contributed by atoms with E-state index >= 15 is 0 Å². The first kappa shape index (κ1) is 24.1. The van der Waals surface area contributed by atoms with Gasteiger partial charge in [-0.25, -0.2) is 0 Å². The number of amides is 2. The highest BCUT2D eigenvalue weighted by molar-refractivity contribution is 5.76. The normalized spacial score (nSPS) is 14.1. The van der Waals surface area contributed by atoms with Gasteiger partial charge in [0.15, 0.2) is 0 Å². The lowest BCUT2D eigenvalue weighted by Crippen LogP contribution is -2.46. The zero-order chi connectivity index (χ0) is 18.3. The van der Waals surface area contributed by atoms with Gasteiger partial charge in [-0.2, -0.15) is 0 Å². The third-order valence-corrected chi connectivity index (χ3v) is 3.37. The summed E-state index contributed by atoms with van der Waals surface area (Å²) < 4.78 is 4.69. The fourth-order valence-corrected chi connectivity index (χ4v) is 1.80. The van der Waals surface area contributed by atoms with Gasteiger partial charge in [-0.05, 0) is 13.5 Å². The minimum atomic E-state index is 0.181. The molecular weight excluding hydrogens is 294 g/mol. The number of hydrogen-bond acceptors (Lipinski definition) is 4. The maximum atomic E-state index is 11.2. The molecule has 6 heteroatoms. The van der Waals surface area contributed by atoms with Crippen molar-refractivity contribution < 1.29 is 14.3 Å². The molecule has 1 heterocycles. The molecular formula is C17H37N3O3. The predicted octanol–water partition coefficient (Wildman–Crippen LogP) is 1.70. The zero-order valence-corrected chi connectivity index (χ0v) is 16.2. The Labute approximate surface area is 142 Å². The number of carbonyl (C=O) groups excluding carboxylic acids is 2. The Balaban J connectivity index is 0. The molecule has 6 nitrogen and oxygen atoms in total. The second-order valence-corrected chi connectivity index (χ2v) is 5.67. The summed E-state index contributed by atoms with van der Waals surface area (Å²) in [5, 5.41) is 0. The molecule has 0 aromatic carbocycles. The Morgan fingerprint density at radius 2 is 1.52 bits per heavy atom. The van der Waals surface area contributed by atoms with Crippen molar-refractivity contribution >= 4 is 11.8 Å². The lowest BCUT2D eigenvalue weighted by molar-refractivity contribution is -0.132. The van der Waals surface area contributed by atoms with Crippen molar-refractivity contribution in [1.82, 2.24) is 14.7 Å². The van der Waals surface area contributed by atoms with Crippen molar-refractivity contribution in [3.63, 3.8) is 0 Å². The van der Waals surface area contributed by atoms with Crippen LogP contribution in [0, 0.1) is 0 Å². The minimum Gasteiger partial charge on any atom is -0.385 e. The average molecular weight is 332 g/mol. The van der Waals surface area contributed by atoms with Gasteiger partial charge in [-0.15, -0.1) is 0 Å². The fraction of sp³-hybridized carbons (Fsp3) is 0.882. The molecule has 0 spiro atoms. The van der Waals surface area contributed by atoms with Crippen molar-refractivity contribution in [3.05, 3.63) is 0 Å². The standard InChI is InChI=1S/C8H16N2O.C5H11NO.C4H10O/c1-3-8(11)10-6-4-9(2)5-7-10;1-4-5(7)6(2)3;1-3-4-5-2/h3-7H2,1-2H3;4H2,1-3H3;3-4H2,1-2H3. The molecule has 2 amide bonds. The largest absolute Gasteiger partial charge is 0.385 e. The minimum absolute atomic E-state index is 0.181. The predicted molar refractivity (Wildman–Crippen MR) is 95.5 cm³/mol. The Hall–Kier alpha value is -1.14. The topological polar surface area (TPSA) is 53.1 Å². The van der Waals surface area contributed by atoms with Gasteiger partial charge in [0.2, 0.25) is 11.8 Å². The Morgan fingerprint density at radius 1 is 1.00 bits per heavy atom. The summed E-state index contributed by atoms with van der Waals surface area (Å²) in [4.78, 5) is 27.4. The lowest BCUT2D eigenvalue weighted by atomic mass is 10.3. The molecule has 0 aliphatic carbocycles. The highest BCUT2D eigenvalue weighted by atomic mass is 16.5. The van der Waals surface area contributed by atoms with Gasteiger partial charge in [0.05, 0.1) is 0 Å². The van der Waals surface area contributed by atoms with E-state index in [2.05, 4.69) is 18.9 Å². The van der Waals surface area contributed by atoms with E-state index in [1.54, 1.807) is 26.1 Å². The molecule has 0 N–H and O–H groups in total. The average Bonchev–Trinajstić information content (AvgIpc) is 2.55. The lowest BCUT2D eigenvalue weighted by Gasteiger charge is -2.32. The Kier molecular flexibility index (Phi) is 16.5. The van der Waals surface area contributed by atoms with Crippen LogP contribution >= 0.6 is 0 Å². The van der Waals surface area contributed by atoms with Crippen molar-refractivity contribution in [2.75, 3.05) is 61.0 Å². The molecule has 0 radical (unpaired) electrons. The number of ether oxygens (including phenoxy) is 1. The molecule has 0 unspecified atom stereocenters. The van der Waals surface area contributed by atoms with E-state index in [1.165, 1.54) is 0 Å². The van der Waals surface area contributed by atoms with Gasteiger partial charge in [-0.1, -0.05) is 20.8 Å². The van der Waals surface area contributed by atoms with Crippen LogP contribution in [-0.2, 0) is 14.3 Å². The fourth-order valence-electron chi connectivity index (χ4n) is 1.80. The van der Waals surface area contributed by atoms with E-state index in [1.807, 2.05) is 18.7 Å². The van der Waals surface area contributed by atoms with Gasteiger partial charge in [0.1, 0.15) is 0 Å². The van der Waals surface area contributed by atoms with E-state index in [4.69, 9.17) is 4.74 Å². The highest BCUT2D eigenvalue weighted by Gasteiger charge is 2.16. The first-order valence-electron chi connectivity index (χ1n) is 8.49. The van der Waals surface area contributed by atoms with Gasteiger partial charge < -0.3 is 19.4 Å². The third kappa shape index (κ3) is 14.2. The van der Waals surface area contributed by atoms with Crippen LogP contribution < -0.4 is 0 Å². The maximum absolute atomic E-state index is 11.2. The van der Waals surface area contributed by atoms with Crippen LogP contribution in [0.4, 0.5) is 0 Å². The summed E-state index contributed by atoms with van der Waals surface area (Å²) in [5.74, 6) is 0.470.